The number of ether oxygens (including phenoxy) is 3. The van der Waals surface area contributed by atoms with Crippen LogP contribution in [0.5, 0.6) is 11.5 Å². The van der Waals surface area contributed by atoms with Crippen LogP contribution in [-0.2, 0) is 20.9 Å². The third kappa shape index (κ3) is 4.65. The molecule has 1 amide bonds. The second-order valence-corrected chi connectivity index (χ2v) is 6.59. The monoisotopic (exact) mass is 347 g/mol. The van der Waals surface area contributed by atoms with Crippen molar-refractivity contribution in [3.8, 4) is 11.5 Å². The zero-order valence-electron chi connectivity index (χ0n) is 14.7. The van der Waals surface area contributed by atoms with Gasteiger partial charge in [-0.3, -0.25) is 9.59 Å². The van der Waals surface area contributed by atoms with Gasteiger partial charge in [-0.15, -0.1) is 0 Å². The van der Waals surface area contributed by atoms with Crippen molar-refractivity contribution in [2.75, 3.05) is 20.2 Å². The van der Waals surface area contributed by atoms with E-state index in [1.807, 2.05) is 18.2 Å². The van der Waals surface area contributed by atoms with Gasteiger partial charge in [-0.25, -0.2) is 0 Å². The highest BCUT2D eigenvalue weighted by molar-refractivity contribution is 5.83. The third-order valence-electron chi connectivity index (χ3n) is 4.72. The van der Waals surface area contributed by atoms with E-state index in [1.165, 1.54) is 12.8 Å². The predicted octanol–water partition coefficient (Wildman–Crippen LogP) is 2.68. The van der Waals surface area contributed by atoms with Gasteiger partial charge in [0.25, 0.3) is 0 Å². The van der Waals surface area contributed by atoms with Crippen LogP contribution in [0.4, 0.5) is 0 Å². The number of esters is 1. The summed E-state index contributed by atoms with van der Waals surface area (Å²) < 4.78 is 16.7. The SMILES string of the molecule is COc1ccc(COC(=O)CN2CCCC2=O)cc1OC1CCCC1. The lowest BCUT2D eigenvalue weighted by atomic mass is 10.2. The van der Waals surface area contributed by atoms with Gasteiger partial charge in [0, 0.05) is 13.0 Å². The van der Waals surface area contributed by atoms with Crippen LogP contribution in [0.1, 0.15) is 44.1 Å². The van der Waals surface area contributed by atoms with E-state index in [0.29, 0.717) is 24.5 Å². The lowest BCUT2D eigenvalue weighted by Crippen LogP contribution is -2.31. The smallest absolute Gasteiger partial charge is 0.325 e. The molecule has 25 heavy (non-hydrogen) atoms. The largest absolute Gasteiger partial charge is 0.493 e. The molecule has 6 heteroatoms. The molecule has 0 unspecified atom stereocenters. The van der Waals surface area contributed by atoms with Crippen molar-refractivity contribution in [2.45, 2.75) is 51.2 Å². The summed E-state index contributed by atoms with van der Waals surface area (Å²) in [6, 6.07) is 5.55. The van der Waals surface area contributed by atoms with E-state index in [-0.39, 0.29) is 31.1 Å². The van der Waals surface area contributed by atoms with Gasteiger partial charge in [-0.2, -0.15) is 0 Å². The first-order chi connectivity index (χ1) is 12.2. The van der Waals surface area contributed by atoms with Crippen LogP contribution in [0.25, 0.3) is 0 Å². The lowest BCUT2D eigenvalue weighted by molar-refractivity contribution is -0.149. The molecule has 6 nitrogen and oxygen atoms in total. The molecule has 1 aromatic carbocycles. The van der Waals surface area contributed by atoms with E-state index in [1.54, 1.807) is 12.0 Å². The van der Waals surface area contributed by atoms with E-state index >= 15 is 0 Å². The normalized spacial score (nSPS) is 17.8. The molecule has 136 valence electrons. The molecule has 2 fully saturated rings. The van der Waals surface area contributed by atoms with E-state index in [9.17, 15) is 9.59 Å². The number of carbonyl (C=O) groups is 2. The summed E-state index contributed by atoms with van der Waals surface area (Å²) >= 11 is 0. The highest BCUT2D eigenvalue weighted by Gasteiger charge is 2.23. The number of rotatable bonds is 7. The van der Waals surface area contributed by atoms with Crippen LogP contribution in [0.3, 0.4) is 0 Å². The Bertz CT molecular complexity index is 624. The molecule has 0 bridgehead atoms. The van der Waals surface area contributed by atoms with Gasteiger partial charge in [0.1, 0.15) is 13.2 Å². The molecular weight excluding hydrogens is 322 g/mol. The van der Waals surface area contributed by atoms with Crippen molar-refractivity contribution in [3.05, 3.63) is 23.8 Å². The Labute approximate surface area is 148 Å². The molecule has 0 atom stereocenters. The Morgan fingerprint density at radius 1 is 1.20 bits per heavy atom. The summed E-state index contributed by atoms with van der Waals surface area (Å²) in [5.41, 5.74) is 0.842. The third-order valence-corrected chi connectivity index (χ3v) is 4.72. The van der Waals surface area contributed by atoms with Crippen molar-refractivity contribution in [3.63, 3.8) is 0 Å². The minimum atomic E-state index is -0.385. The number of hydrogen-bond acceptors (Lipinski definition) is 5. The molecule has 0 N–H and O–H groups in total. The Balaban J connectivity index is 1.56. The van der Waals surface area contributed by atoms with Crippen LogP contribution in [0.15, 0.2) is 18.2 Å². The van der Waals surface area contributed by atoms with Crippen molar-refractivity contribution in [1.82, 2.24) is 4.90 Å². The van der Waals surface area contributed by atoms with Crippen molar-refractivity contribution in [2.24, 2.45) is 0 Å². The van der Waals surface area contributed by atoms with Crippen molar-refractivity contribution in [1.29, 1.82) is 0 Å². The summed E-state index contributed by atoms with van der Waals surface area (Å²) in [6.07, 6.45) is 6.07. The number of methoxy groups -OCH3 is 1. The summed E-state index contributed by atoms with van der Waals surface area (Å²) in [5.74, 6) is 1.01. The maximum Gasteiger partial charge on any atom is 0.325 e. The number of likely N-dealkylation sites (tertiary alicyclic amines) is 1. The van der Waals surface area contributed by atoms with E-state index in [0.717, 1.165) is 24.8 Å². The van der Waals surface area contributed by atoms with Crippen LogP contribution in [-0.4, -0.2) is 43.1 Å². The number of amides is 1. The van der Waals surface area contributed by atoms with Gasteiger partial charge in [0.2, 0.25) is 5.91 Å². The molecule has 2 aliphatic rings. The number of nitrogens with zero attached hydrogens (tertiary/aromatic N) is 1. The molecule has 1 saturated heterocycles. The molecule has 1 heterocycles. The Morgan fingerprint density at radius 2 is 2.00 bits per heavy atom. The van der Waals surface area contributed by atoms with Crippen molar-refractivity contribution >= 4 is 11.9 Å². The molecular formula is C19H25NO5. The molecule has 1 aliphatic heterocycles. The first-order valence-corrected chi connectivity index (χ1v) is 8.92. The molecule has 1 aliphatic carbocycles. The minimum Gasteiger partial charge on any atom is -0.493 e. The molecule has 0 spiro atoms. The van der Waals surface area contributed by atoms with Gasteiger partial charge < -0.3 is 19.1 Å². The van der Waals surface area contributed by atoms with Crippen LogP contribution >= 0.6 is 0 Å². The first kappa shape index (κ1) is 17.6. The number of carbonyl (C=O) groups excluding carboxylic acids is 2. The Kier molecular flexibility index (Phi) is 5.79. The fourth-order valence-electron chi connectivity index (χ4n) is 3.33. The van der Waals surface area contributed by atoms with Crippen LogP contribution < -0.4 is 9.47 Å². The highest BCUT2D eigenvalue weighted by Crippen LogP contribution is 2.32. The quantitative estimate of drug-likeness (QED) is 0.710. The molecule has 1 saturated carbocycles. The standard InChI is InChI=1S/C19H25NO5/c1-23-16-9-8-14(11-17(16)25-15-5-2-3-6-15)13-24-19(22)12-20-10-4-7-18(20)21/h8-9,11,15H,2-7,10,12-13H2,1H3. The van der Waals surface area contributed by atoms with Gasteiger partial charge in [-0.1, -0.05) is 6.07 Å². The second kappa shape index (κ2) is 8.23. The first-order valence-electron chi connectivity index (χ1n) is 8.92. The molecule has 1 aromatic rings. The summed E-state index contributed by atoms with van der Waals surface area (Å²) in [6.45, 7) is 0.822. The number of hydrogen-bond donors (Lipinski definition) is 0. The van der Waals surface area contributed by atoms with Gasteiger partial charge in [0.15, 0.2) is 11.5 Å². The fourth-order valence-corrected chi connectivity index (χ4v) is 3.33. The van der Waals surface area contributed by atoms with Crippen molar-refractivity contribution < 1.29 is 23.8 Å². The summed E-state index contributed by atoms with van der Waals surface area (Å²) in [7, 11) is 1.61. The second-order valence-electron chi connectivity index (χ2n) is 6.59. The van der Waals surface area contributed by atoms with Gasteiger partial charge in [0.05, 0.1) is 13.2 Å². The average molecular weight is 347 g/mol. The lowest BCUT2D eigenvalue weighted by Gasteiger charge is -2.17. The van der Waals surface area contributed by atoms with E-state index < -0.39 is 0 Å². The maximum absolute atomic E-state index is 11.9. The Morgan fingerprint density at radius 3 is 2.68 bits per heavy atom. The average Bonchev–Trinajstić information content (AvgIpc) is 3.26. The molecule has 0 radical (unpaired) electrons. The minimum absolute atomic E-state index is 0.0219. The van der Waals surface area contributed by atoms with Gasteiger partial charge in [-0.05, 0) is 49.8 Å². The highest BCUT2D eigenvalue weighted by atomic mass is 16.5. The summed E-state index contributed by atoms with van der Waals surface area (Å²) in [5, 5.41) is 0. The predicted molar refractivity (Wildman–Crippen MR) is 91.5 cm³/mol. The molecule has 0 aromatic heterocycles. The zero-order valence-corrected chi connectivity index (χ0v) is 14.7. The maximum atomic E-state index is 11.9. The van der Waals surface area contributed by atoms with E-state index in [4.69, 9.17) is 14.2 Å². The van der Waals surface area contributed by atoms with Crippen LogP contribution in [0, 0.1) is 0 Å². The molecule has 3 rings (SSSR count). The summed E-state index contributed by atoms with van der Waals surface area (Å²) in [4.78, 5) is 25.0. The topological polar surface area (TPSA) is 65.1 Å². The number of benzene rings is 1. The zero-order chi connectivity index (χ0) is 17.6. The fraction of sp³-hybridized carbons (Fsp3) is 0.579. The van der Waals surface area contributed by atoms with E-state index in [2.05, 4.69) is 0 Å². The Hall–Kier alpha value is -2.24. The van der Waals surface area contributed by atoms with Gasteiger partial charge >= 0.3 is 5.97 Å². The van der Waals surface area contributed by atoms with Crippen LogP contribution in [0.2, 0.25) is 0 Å².